The predicted molar refractivity (Wildman–Crippen MR) is 105 cm³/mol. The van der Waals surface area contributed by atoms with Gasteiger partial charge in [0, 0.05) is 46.7 Å². The van der Waals surface area contributed by atoms with E-state index in [2.05, 4.69) is 36.7 Å². The van der Waals surface area contributed by atoms with Gasteiger partial charge in [0.25, 0.3) is 0 Å². The van der Waals surface area contributed by atoms with Crippen molar-refractivity contribution in [2.75, 3.05) is 26.9 Å². The third kappa shape index (κ3) is 4.03. The van der Waals surface area contributed by atoms with Gasteiger partial charge in [0.05, 0.1) is 7.11 Å². The van der Waals surface area contributed by atoms with E-state index in [1.54, 1.807) is 7.11 Å². The van der Waals surface area contributed by atoms with Crippen LogP contribution in [0.4, 0.5) is 0 Å². The first-order valence-corrected chi connectivity index (χ1v) is 10.0. The fourth-order valence-electron chi connectivity index (χ4n) is 3.67. The number of methoxy groups -OCH3 is 1. The Morgan fingerprint density at radius 1 is 1.32 bits per heavy atom. The summed E-state index contributed by atoms with van der Waals surface area (Å²) in [4.78, 5) is 1.40. The second-order valence-electron chi connectivity index (χ2n) is 6.81. The lowest BCUT2D eigenvalue weighted by molar-refractivity contribution is 0.0482. The monoisotopic (exact) mass is 379 g/mol. The van der Waals surface area contributed by atoms with E-state index in [0.29, 0.717) is 6.04 Å². The van der Waals surface area contributed by atoms with Crippen LogP contribution in [0.15, 0.2) is 29.6 Å². The quantitative estimate of drug-likeness (QED) is 0.755. The molecule has 1 N–H and O–H groups in total. The predicted octanol–water partition coefficient (Wildman–Crippen LogP) is 5.12. The lowest BCUT2D eigenvalue weighted by Crippen LogP contribution is -2.43. The first-order valence-electron chi connectivity index (χ1n) is 8.75. The molecule has 1 fully saturated rings. The van der Waals surface area contributed by atoms with Crippen LogP contribution < -0.4 is 10.1 Å². The Morgan fingerprint density at radius 3 is 2.72 bits per heavy atom. The minimum Gasteiger partial charge on any atom is -0.496 e. The zero-order chi connectivity index (χ0) is 17.9. The maximum atomic E-state index is 6.31. The highest BCUT2D eigenvalue weighted by atomic mass is 35.5. The first kappa shape index (κ1) is 18.7. The Balaban J connectivity index is 1.87. The highest BCUT2D eigenvalue weighted by Crippen LogP contribution is 2.41. The summed E-state index contributed by atoms with van der Waals surface area (Å²) in [6.07, 6.45) is 1.93. The summed E-state index contributed by atoms with van der Waals surface area (Å²) in [5.74, 6) is 0.910. The second-order valence-corrected chi connectivity index (χ2v) is 8.19. The minimum absolute atomic E-state index is 0.0199. The highest BCUT2D eigenvalue weighted by molar-refractivity contribution is 7.10. The molecule has 0 amide bonds. The third-order valence-corrected chi connectivity index (χ3v) is 6.66. The molecular weight excluding hydrogens is 354 g/mol. The molecule has 0 saturated carbocycles. The maximum absolute atomic E-state index is 6.31. The topological polar surface area (TPSA) is 30.5 Å². The number of benzene rings is 1. The van der Waals surface area contributed by atoms with Gasteiger partial charge in [-0.15, -0.1) is 11.3 Å². The summed E-state index contributed by atoms with van der Waals surface area (Å²) in [5, 5.41) is 6.68. The van der Waals surface area contributed by atoms with E-state index in [-0.39, 0.29) is 5.41 Å². The molecule has 2 aromatic rings. The van der Waals surface area contributed by atoms with E-state index in [0.717, 1.165) is 43.4 Å². The highest BCUT2D eigenvalue weighted by Gasteiger charge is 2.37. The zero-order valence-electron chi connectivity index (χ0n) is 15.1. The van der Waals surface area contributed by atoms with E-state index in [4.69, 9.17) is 21.1 Å². The maximum Gasteiger partial charge on any atom is 0.122 e. The van der Waals surface area contributed by atoms with Gasteiger partial charge in [-0.2, -0.15) is 0 Å². The van der Waals surface area contributed by atoms with E-state index in [1.165, 1.54) is 16.0 Å². The molecule has 0 aliphatic carbocycles. The van der Waals surface area contributed by atoms with Crippen molar-refractivity contribution in [2.45, 2.75) is 38.1 Å². The molecule has 1 aliphatic heterocycles. The average Bonchev–Trinajstić information content (AvgIpc) is 3.06. The standard InChI is InChI=1S/C20H26ClNO2S/c1-14-6-11-25-19(14)15(2)22-13-20(7-9-24-10-8-20)17-12-16(21)4-5-18(17)23-3/h4-6,11-12,15,22H,7-10,13H2,1-3H3. The molecule has 25 heavy (non-hydrogen) atoms. The molecule has 1 unspecified atom stereocenters. The van der Waals surface area contributed by atoms with Crippen molar-refractivity contribution in [3.05, 3.63) is 50.7 Å². The number of thiophene rings is 1. The van der Waals surface area contributed by atoms with E-state index < -0.39 is 0 Å². The molecule has 3 rings (SSSR count). The summed E-state index contributed by atoms with van der Waals surface area (Å²) >= 11 is 8.13. The molecule has 1 aromatic carbocycles. The molecule has 1 atom stereocenters. The van der Waals surface area contributed by atoms with Crippen molar-refractivity contribution >= 4 is 22.9 Å². The Labute approximate surface area is 159 Å². The number of hydrogen-bond acceptors (Lipinski definition) is 4. The first-order chi connectivity index (χ1) is 12.1. The van der Waals surface area contributed by atoms with E-state index in [1.807, 2.05) is 23.5 Å². The van der Waals surface area contributed by atoms with Crippen LogP contribution in [0.5, 0.6) is 5.75 Å². The number of hydrogen-bond donors (Lipinski definition) is 1. The van der Waals surface area contributed by atoms with Crippen molar-refractivity contribution in [1.29, 1.82) is 0 Å². The largest absolute Gasteiger partial charge is 0.496 e. The van der Waals surface area contributed by atoms with Crippen molar-refractivity contribution in [2.24, 2.45) is 0 Å². The molecule has 136 valence electrons. The fraction of sp³-hybridized carbons (Fsp3) is 0.500. The van der Waals surface area contributed by atoms with E-state index in [9.17, 15) is 0 Å². The average molecular weight is 380 g/mol. The number of nitrogens with one attached hydrogen (secondary N) is 1. The van der Waals surface area contributed by atoms with Gasteiger partial charge >= 0.3 is 0 Å². The van der Waals surface area contributed by atoms with Gasteiger partial charge in [-0.25, -0.2) is 0 Å². The summed E-state index contributed by atoms with van der Waals surface area (Å²) < 4.78 is 11.3. The van der Waals surface area contributed by atoms with E-state index >= 15 is 0 Å². The van der Waals surface area contributed by atoms with Crippen LogP contribution in [-0.2, 0) is 10.2 Å². The van der Waals surface area contributed by atoms with Crippen LogP contribution in [0, 0.1) is 6.92 Å². The molecule has 0 radical (unpaired) electrons. The molecule has 2 heterocycles. The molecule has 1 aliphatic rings. The van der Waals surface area contributed by atoms with Gasteiger partial charge in [0.15, 0.2) is 0 Å². The summed E-state index contributed by atoms with van der Waals surface area (Å²) in [5.41, 5.74) is 2.52. The molecule has 1 aromatic heterocycles. The number of ether oxygens (including phenoxy) is 2. The van der Waals surface area contributed by atoms with Crippen molar-refractivity contribution in [3.63, 3.8) is 0 Å². The van der Waals surface area contributed by atoms with Crippen LogP contribution in [0.2, 0.25) is 5.02 Å². The smallest absolute Gasteiger partial charge is 0.122 e. The van der Waals surface area contributed by atoms with Gasteiger partial charge < -0.3 is 14.8 Å². The second kappa shape index (κ2) is 8.09. The third-order valence-electron chi connectivity index (χ3n) is 5.22. The summed E-state index contributed by atoms with van der Waals surface area (Å²) in [6, 6.07) is 8.44. The number of rotatable bonds is 6. The summed E-state index contributed by atoms with van der Waals surface area (Å²) in [7, 11) is 1.73. The Kier molecular flexibility index (Phi) is 6.05. The Hall–Kier alpha value is -1.07. The Morgan fingerprint density at radius 2 is 2.08 bits per heavy atom. The van der Waals surface area contributed by atoms with Gasteiger partial charge in [-0.1, -0.05) is 11.6 Å². The van der Waals surface area contributed by atoms with Crippen LogP contribution in [0.1, 0.15) is 41.8 Å². The molecule has 5 heteroatoms. The molecule has 0 spiro atoms. The fourth-order valence-corrected chi connectivity index (χ4v) is 4.80. The lowest BCUT2D eigenvalue weighted by Gasteiger charge is -2.39. The molecule has 3 nitrogen and oxygen atoms in total. The van der Waals surface area contributed by atoms with Gasteiger partial charge in [0.1, 0.15) is 5.75 Å². The van der Waals surface area contributed by atoms with Crippen LogP contribution in [-0.4, -0.2) is 26.9 Å². The number of halogens is 1. The van der Waals surface area contributed by atoms with Gasteiger partial charge in [-0.3, -0.25) is 0 Å². The van der Waals surface area contributed by atoms with Gasteiger partial charge in [-0.05, 0) is 61.9 Å². The SMILES string of the molecule is COc1ccc(Cl)cc1C1(CNC(C)c2sccc2C)CCOCC1. The zero-order valence-corrected chi connectivity index (χ0v) is 16.7. The van der Waals surface area contributed by atoms with Crippen molar-refractivity contribution < 1.29 is 9.47 Å². The normalized spacial score (nSPS) is 18.1. The lowest BCUT2D eigenvalue weighted by atomic mass is 9.73. The van der Waals surface area contributed by atoms with Gasteiger partial charge in [0.2, 0.25) is 0 Å². The van der Waals surface area contributed by atoms with Crippen molar-refractivity contribution in [3.8, 4) is 5.75 Å². The molecule has 1 saturated heterocycles. The summed E-state index contributed by atoms with van der Waals surface area (Å²) in [6.45, 7) is 6.83. The Bertz CT molecular complexity index is 709. The number of aryl methyl sites for hydroxylation is 1. The minimum atomic E-state index is -0.0199. The van der Waals surface area contributed by atoms with Crippen molar-refractivity contribution in [1.82, 2.24) is 5.32 Å². The molecule has 0 bridgehead atoms. The van der Waals surface area contributed by atoms with Crippen LogP contribution in [0.3, 0.4) is 0 Å². The van der Waals surface area contributed by atoms with Crippen LogP contribution in [0.25, 0.3) is 0 Å². The van der Waals surface area contributed by atoms with Crippen LogP contribution >= 0.6 is 22.9 Å². The molecular formula is C20H26ClNO2S.